The lowest BCUT2D eigenvalue weighted by Crippen LogP contribution is -2.36. The maximum absolute atomic E-state index is 4.96. The molecular formula is C30H28N8. The minimum Gasteiger partial charge on any atom is -0.337 e. The van der Waals surface area contributed by atoms with Crippen molar-refractivity contribution in [2.45, 2.75) is 33.4 Å². The highest BCUT2D eigenvalue weighted by atomic mass is 15.3. The van der Waals surface area contributed by atoms with Crippen LogP contribution in [0.4, 0.5) is 0 Å². The molecule has 6 aromatic rings. The first-order valence-electron chi connectivity index (χ1n) is 13.1. The molecule has 0 spiro atoms. The van der Waals surface area contributed by atoms with Crippen LogP contribution >= 0.6 is 0 Å². The number of hydrogen-bond acceptors (Lipinski definition) is 6. The first-order valence-corrected chi connectivity index (χ1v) is 13.1. The van der Waals surface area contributed by atoms with Gasteiger partial charge < -0.3 is 4.57 Å². The topological polar surface area (TPSA) is 77.0 Å². The van der Waals surface area contributed by atoms with Crippen molar-refractivity contribution < 1.29 is 0 Å². The molecule has 0 saturated carbocycles. The maximum Gasteiger partial charge on any atom is 0.160 e. The monoisotopic (exact) mass is 500 g/mol. The molecule has 0 bridgehead atoms. The van der Waals surface area contributed by atoms with Crippen molar-refractivity contribution >= 4 is 16.7 Å². The molecule has 0 unspecified atom stereocenters. The van der Waals surface area contributed by atoms with Gasteiger partial charge >= 0.3 is 0 Å². The van der Waals surface area contributed by atoms with Gasteiger partial charge in [0.25, 0.3) is 0 Å². The van der Waals surface area contributed by atoms with Crippen LogP contribution < -0.4 is 0 Å². The van der Waals surface area contributed by atoms with Gasteiger partial charge in [-0.2, -0.15) is 5.10 Å². The van der Waals surface area contributed by atoms with Crippen molar-refractivity contribution in [1.29, 1.82) is 0 Å². The van der Waals surface area contributed by atoms with Crippen molar-refractivity contribution in [2.24, 2.45) is 0 Å². The quantitative estimate of drug-likeness (QED) is 0.305. The van der Waals surface area contributed by atoms with Gasteiger partial charge in [-0.05, 0) is 68.8 Å². The van der Waals surface area contributed by atoms with E-state index in [0.717, 1.165) is 63.6 Å². The third-order valence-corrected chi connectivity index (χ3v) is 7.44. The highest BCUT2D eigenvalue weighted by Crippen LogP contribution is 2.31. The Morgan fingerprint density at radius 1 is 0.895 bits per heavy atom. The summed E-state index contributed by atoms with van der Waals surface area (Å²) in [6, 6.07) is 17.0. The molecule has 7 rings (SSSR count). The molecule has 0 radical (unpaired) electrons. The largest absolute Gasteiger partial charge is 0.337 e. The smallest absolute Gasteiger partial charge is 0.160 e. The van der Waals surface area contributed by atoms with Crippen LogP contribution in [0.15, 0.2) is 73.4 Å². The zero-order valence-corrected chi connectivity index (χ0v) is 21.5. The van der Waals surface area contributed by atoms with Crippen molar-refractivity contribution in [3.05, 3.63) is 84.7 Å². The number of likely N-dealkylation sites (tertiary alicyclic amines) is 1. The molecule has 0 N–H and O–H groups in total. The number of aryl methyl sites for hydroxylation is 2. The van der Waals surface area contributed by atoms with Gasteiger partial charge in [0.15, 0.2) is 11.3 Å². The lowest BCUT2D eigenvalue weighted by molar-refractivity contribution is 0.172. The molecule has 1 aromatic carbocycles. The second-order valence-corrected chi connectivity index (χ2v) is 9.90. The summed E-state index contributed by atoms with van der Waals surface area (Å²) in [5, 5.41) is 5.91. The number of hydrogen-bond donors (Lipinski definition) is 0. The molecule has 188 valence electrons. The highest BCUT2D eigenvalue weighted by molar-refractivity contribution is 5.93. The van der Waals surface area contributed by atoms with Gasteiger partial charge in [-0.15, -0.1) is 0 Å². The molecule has 8 heteroatoms. The molecule has 1 fully saturated rings. The van der Waals surface area contributed by atoms with Crippen molar-refractivity contribution in [3.63, 3.8) is 0 Å². The Labute approximate surface area is 220 Å². The van der Waals surface area contributed by atoms with Crippen LogP contribution in [-0.4, -0.2) is 52.1 Å². The molecule has 8 nitrogen and oxygen atoms in total. The minimum absolute atomic E-state index is 0.674. The van der Waals surface area contributed by atoms with Crippen LogP contribution in [0.2, 0.25) is 0 Å². The fraction of sp³-hybridized carbons (Fsp3) is 0.233. The van der Waals surface area contributed by atoms with Gasteiger partial charge in [-0.1, -0.05) is 24.3 Å². The molecule has 6 heterocycles. The number of imidazole rings is 2. The van der Waals surface area contributed by atoms with Crippen LogP contribution in [0.3, 0.4) is 0 Å². The molecule has 5 aromatic heterocycles. The molecular weight excluding hydrogens is 472 g/mol. The number of fused-ring (bicyclic) bond motifs is 2. The zero-order chi connectivity index (χ0) is 25.6. The van der Waals surface area contributed by atoms with E-state index < -0.39 is 0 Å². The molecule has 0 aliphatic carbocycles. The Morgan fingerprint density at radius 3 is 2.53 bits per heavy atom. The Kier molecular flexibility index (Phi) is 5.47. The number of aromatic nitrogens is 7. The highest BCUT2D eigenvalue weighted by Gasteiger charge is 2.16. The first-order chi connectivity index (χ1) is 18.7. The lowest BCUT2D eigenvalue weighted by Gasteiger charge is -2.30. The van der Waals surface area contributed by atoms with Gasteiger partial charge in [0.2, 0.25) is 0 Å². The predicted molar refractivity (Wildman–Crippen MR) is 148 cm³/mol. The molecule has 0 amide bonds. The maximum atomic E-state index is 4.96. The molecule has 1 saturated heterocycles. The number of rotatable bonds is 6. The fourth-order valence-electron chi connectivity index (χ4n) is 5.13. The fourth-order valence-corrected chi connectivity index (χ4v) is 5.13. The second-order valence-electron chi connectivity index (χ2n) is 9.90. The van der Waals surface area contributed by atoms with E-state index in [2.05, 4.69) is 65.1 Å². The van der Waals surface area contributed by atoms with E-state index in [-0.39, 0.29) is 0 Å². The van der Waals surface area contributed by atoms with Crippen molar-refractivity contribution in [3.8, 4) is 33.8 Å². The van der Waals surface area contributed by atoms with Crippen LogP contribution in [0.1, 0.15) is 24.6 Å². The van der Waals surface area contributed by atoms with Gasteiger partial charge in [0, 0.05) is 42.0 Å². The van der Waals surface area contributed by atoms with Gasteiger partial charge in [-0.3, -0.25) is 4.90 Å². The number of benzene rings is 1. The van der Waals surface area contributed by atoms with Crippen LogP contribution in [0.25, 0.3) is 50.5 Å². The van der Waals surface area contributed by atoms with Crippen LogP contribution in [0.5, 0.6) is 0 Å². The summed E-state index contributed by atoms with van der Waals surface area (Å²) in [6.07, 6.45) is 8.82. The van der Waals surface area contributed by atoms with E-state index >= 15 is 0 Å². The van der Waals surface area contributed by atoms with E-state index in [0.29, 0.717) is 5.65 Å². The third kappa shape index (κ3) is 3.94. The standard InChI is InChI=1S/C30H28N8/c1-3-36-18-27(33-19-36)26-10-9-24-23(11-12-31-30(24)34-26)28-16-32-29-15-25(20(2)35-38(28)29)22-7-5-21(6-8-22)17-37-13-4-14-37/h5-12,15-16,18-19H,3-4,13-14,17H2,1-2H3. The normalized spacial score (nSPS) is 13.8. The lowest BCUT2D eigenvalue weighted by atomic mass is 10.0. The predicted octanol–water partition coefficient (Wildman–Crippen LogP) is 5.40. The van der Waals surface area contributed by atoms with Gasteiger partial charge in [0.1, 0.15) is 5.69 Å². The molecule has 1 aliphatic rings. The van der Waals surface area contributed by atoms with Crippen molar-refractivity contribution in [1.82, 2.24) is 39.0 Å². The molecule has 1 aliphatic heterocycles. The molecule has 0 atom stereocenters. The van der Waals surface area contributed by atoms with E-state index in [1.807, 2.05) is 39.9 Å². The summed E-state index contributed by atoms with van der Waals surface area (Å²) in [6.45, 7) is 8.46. The summed E-state index contributed by atoms with van der Waals surface area (Å²) >= 11 is 0. The summed E-state index contributed by atoms with van der Waals surface area (Å²) in [5.74, 6) is 0. The molecule has 38 heavy (non-hydrogen) atoms. The Bertz CT molecular complexity index is 1780. The van der Waals surface area contributed by atoms with Crippen LogP contribution in [-0.2, 0) is 13.1 Å². The summed E-state index contributed by atoms with van der Waals surface area (Å²) in [7, 11) is 0. The van der Waals surface area contributed by atoms with Crippen molar-refractivity contribution in [2.75, 3.05) is 13.1 Å². The number of pyridine rings is 2. The average molecular weight is 501 g/mol. The Morgan fingerprint density at radius 2 is 1.76 bits per heavy atom. The van der Waals surface area contributed by atoms with E-state index in [9.17, 15) is 0 Å². The summed E-state index contributed by atoms with van der Waals surface area (Å²) in [5.41, 5.74) is 9.61. The second kappa shape index (κ2) is 9.15. The Hall–Kier alpha value is -4.43. The van der Waals surface area contributed by atoms with Crippen LogP contribution in [0, 0.1) is 6.92 Å². The SMILES string of the molecule is CCn1cnc(-c2ccc3c(-c4cnc5cc(-c6ccc(CN7CCC7)cc6)c(C)nn45)ccnc3n2)c1. The van der Waals surface area contributed by atoms with Gasteiger partial charge in [-0.25, -0.2) is 24.5 Å². The number of nitrogens with zero attached hydrogens (tertiary/aromatic N) is 8. The zero-order valence-electron chi connectivity index (χ0n) is 21.5. The van der Waals surface area contributed by atoms with Gasteiger partial charge in [0.05, 0.1) is 29.6 Å². The summed E-state index contributed by atoms with van der Waals surface area (Å²) in [4.78, 5) is 21.0. The average Bonchev–Trinajstić information content (AvgIpc) is 3.57. The third-order valence-electron chi connectivity index (χ3n) is 7.44. The van der Waals surface area contributed by atoms with E-state index in [1.165, 1.54) is 25.1 Å². The first kappa shape index (κ1) is 22.7. The van der Waals surface area contributed by atoms with E-state index in [1.54, 1.807) is 6.20 Å². The Balaban J connectivity index is 1.24. The van der Waals surface area contributed by atoms with E-state index in [4.69, 9.17) is 15.1 Å². The summed E-state index contributed by atoms with van der Waals surface area (Å²) < 4.78 is 3.95. The minimum atomic E-state index is 0.674.